The third kappa shape index (κ3) is 11.8. The molecule has 1 rings (SSSR count). The SMILES string of the molecule is COC(=O)CCCCCCCC1OS(=O)OC1CCCCCCCC(=O)OC. The molecular weight excluding hydrogens is 384 g/mol. The van der Waals surface area contributed by atoms with Crippen molar-refractivity contribution in [2.45, 2.75) is 102 Å². The van der Waals surface area contributed by atoms with Gasteiger partial charge in [-0.15, -0.1) is 0 Å². The van der Waals surface area contributed by atoms with Crippen molar-refractivity contribution in [1.29, 1.82) is 0 Å². The Bertz CT molecular complexity index is 429. The van der Waals surface area contributed by atoms with Crippen LogP contribution in [-0.2, 0) is 38.8 Å². The van der Waals surface area contributed by atoms with E-state index < -0.39 is 11.4 Å². The number of esters is 2. The van der Waals surface area contributed by atoms with Gasteiger partial charge in [0, 0.05) is 12.8 Å². The minimum absolute atomic E-state index is 0.0878. The number of ether oxygens (including phenoxy) is 2. The molecule has 28 heavy (non-hydrogen) atoms. The monoisotopic (exact) mass is 420 g/mol. The van der Waals surface area contributed by atoms with E-state index in [2.05, 4.69) is 9.47 Å². The molecule has 0 amide bonds. The molecule has 0 N–H and O–H groups in total. The Morgan fingerprint density at radius 1 is 0.679 bits per heavy atom. The molecule has 0 radical (unpaired) electrons. The lowest BCUT2D eigenvalue weighted by atomic mass is 9.99. The summed E-state index contributed by atoms with van der Waals surface area (Å²) in [5.41, 5.74) is 0. The zero-order chi connectivity index (χ0) is 20.6. The van der Waals surface area contributed by atoms with Gasteiger partial charge in [-0.05, 0) is 25.7 Å². The van der Waals surface area contributed by atoms with E-state index in [1.54, 1.807) is 0 Å². The highest BCUT2D eigenvalue weighted by molar-refractivity contribution is 7.75. The fourth-order valence-electron chi connectivity index (χ4n) is 3.31. The van der Waals surface area contributed by atoms with Crippen LogP contribution in [0.1, 0.15) is 89.9 Å². The molecule has 0 bridgehead atoms. The highest BCUT2D eigenvalue weighted by Crippen LogP contribution is 2.26. The third-order valence-corrected chi connectivity index (χ3v) is 5.82. The summed E-state index contributed by atoms with van der Waals surface area (Å²) in [4.78, 5) is 22.1. The highest BCUT2D eigenvalue weighted by Gasteiger charge is 2.34. The lowest BCUT2D eigenvalue weighted by molar-refractivity contribution is -0.141. The summed E-state index contributed by atoms with van der Waals surface area (Å²) in [5.74, 6) is -0.296. The maximum Gasteiger partial charge on any atom is 0.305 e. The molecule has 0 aliphatic carbocycles. The van der Waals surface area contributed by atoms with E-state index >= 15 is 0 Å². The van der Waals surface area contributed by atoms with Crippen LogP contribution in [0.4, 0.5) is 0 Å². The van der Waals surface area contributed by atoms with Gasteiger partial charge in [0.05, 0.1) is 14.2 Å². The van der Waals surface area contributed by atoms with E-state index in [0.29, 0.717) is 12.8 Å². The van der Waals surface area contributed by atoms with E-state index in [1.165, 1.54) is 14.2 Å². The van der Waals surface area contributed by atoms with Crippen LogP contribution in [0, 0.1) is 0 Å². The Balaban J connectivity index is 2.05. The second-order valence-electron chi connectivity index (χ2n) is 7.24. The summed E-state index contributed by atoms with van der Waals surface area (Å²) in [7, 11) is 2.83. The van der Waals surface area contributed by atoms with Gasteiger partial charge in [0.25, 0.3) is 0 Å². The molecular formula is C20H36O7S. The Morgan fingerprint density at radius 3 is 1.43 bits per heavy atom. The van der Waals surface area contributed by atoms with Gasteiger partial charge in [-0.25, -0.2) is 0 Å². The predicted molar refractivity (Wildman–Crippen MR) is 107 cm³/mol. The van der Waals surface area contributed by atoms with Crippen molar-refractivity contribution in [3.8, 4) is 0 Å². The van der Waals surface area contributed by atoms with Crippen molar-refractivity contribution >= 4 is 23.3 Å². The van der Waals surface area contributed by atoms with Crippen molar-refractivity contribution in [3.63, 3.8) is 0 Å². The molecule has 0 aromatic heterocycles. The van der Waals surface area contributed by atoms with Crippen molar-refractivity contribution in [2.24, 2.45) is 0 Å². The number of hydrogen-bond donors (Lipinski definition) is 0. The van der Waals surface area contributed by atoms with Gasteiger partial charge in [0.15, 0.2) is 0 Å². The first-order valence-electron chi connectivity index (χ1n) is 10.5. The minimum atomic E-state index is -1.62. The second kappa shape index (κ2) is 15.9. The first-order chi connectivity index (χ1) is 13.6. The molecule has 164 valence electrons. The Kier molecular flexibility index (Phi) is 14.2. The van der Waals surface area contributed by atoms with Gasteiger partial charge in [-0.1, -0.05) is 51.4 Å². The van der Waals surface area contributed by atoms with Crippen LogP contribution in [0.15, 0.2) is 0 Å². The molecule has 1 heterocycles. The maximum absolute atomic E-state index is 11.6. The molecule has 0 aromatic rings. The first-order valence-corrected chi connectivity index (χ1v) is 11.5. The largest absolute Gasteiger partial charge is 0.469 e. The van der Waals surface area contributed by atoms with Gasteiger partial charge in [-0.3, -0.25) is 18.0 Å². The molecule has 1 aliphatic heterocycles. The Labute approximate surface area is 171 Å². The van der Waals surface area contributed by atoms with Crippen LogP contribution in [0.2, 0.25) is 0 Å². The normalized spacial score (nSPS) is 21.6. The van der Waals surface area contributed by atoms with E-state index in [9.17, 15) is 13.8 Å². The van der Waals surface area contributed by atoms with Gasteiger partial charge in [0.1, 0.15) is 12.2 Å². The number of hydrogen-bond acceptors (Lipinski definition) is 7. The second-order valence-corrected chi connectivity index (χ2v) is 8.03. The van der Waals surface area contributed by atoms with Crippen molar-refractivity contribution in [1.82, 2.24) is 0 Å². The fourth-order valence-corrected chi connectivity index (χ4v) is 4.20. The van der Waals surface area contributed by atoms with Crippen molar-refractivity contribution in [2.75, 3.05) is 14.2 Å². The predicted octanol–water partition coefficient (Wildman–Crippen LogP) is 4.16. The summed E-state index contributed by atoms with van der Waals surface area (Å²) < 4.78 is 31.7. The Hall–Kier alpha value is -0.990. The van der Waals surface area contributed by atoms with Crippen LogP contribution in [0.3, 0.4) is 0 Å². The summed E-state index contributed by atoms with van der Waals surface area (Å²) in [5, 5.41) is 0. The molecule has 1 saturated heterocycles. The third-order valence-electron chi connectivity index (χ3n) is 5.01. The van der Waals surface area contributed by atoms with Gasteiger partial charge in [-0.2, -0.15) is 4.21 Å². The smallest absolute Gasteiger partial charge is 0.305 e. The Morgan fingerprint density at radius 2 is 1.04 bits per heavy atom. The standard InChI is InChI=1S/C20H36O7S/c1-24-19(21)15-11-7-3-5-9-13-17-18(27-28(23)26-17)14-10-6-4-8-12-16-20(22)25-2/h17-18H,3-16H2,1-2H3. The summed E-state index contributed by atoms with van der Waals surface area (Å²) in [6.45, 7) is 0. The average Bonchev–Trinajstić information content (AvgIpc) is 3.05. The minimum Gasteiger partial charge on any atom is -0.469 e. The topological polar surface area (TPSA) is 88.1 Å². The fraction of sp³-hybridized carbons (Fsp3) is 0.900. The zero-order valence-electron chi connectivity index (χ0n) is 17.3. The summed E-state index contributed by atoms with van der Waals surface area (Å²) in [6, 6.07) is 0. The van der Waals surface area contributed by atoms with Crippen molar-refractivity contribution < 1.29 is 31.6 Å². The molecule has 1 fully saturated rings. The van der Waals surface area contributed by atoms with Crippen LogP contribution in [0.25, 0.3) is 0 Å². The van der Waals surface area contributed by atoms with Crippen LogP contribution >= 0.6 is 0 Å². The molecule has 0 spiro atoms. The quantitative estimate of drug-likeness (QED) is 0.274. The van der Waals surface area contributed by atoms with E-state index in [4.69, 9.17) is 8.37 Å². The lowest BCUT2D eigenvalue weighted by Crippen LogP contribution is -2.22. The van der Waals surface area contributed by atoms with Gasteiger partial charge < -0.3 is 9.47 Å². The molecule has 2 atom stereocenters. The van der Waals surface area contributed by atoms with Crippen LogP contribution in [0.5, 0.6) is 0 Å². The number of carbonyl (C=O) groups excluding carboxylic acids is 2. The number of carbonyl (C=O) groups is 2. The maximum atomic E-state index is 11.6. The van der Waals surface area contributed by atoms with Gasteiger partial charge in [0.2, 0.25) is 0 Å². The van der Waals surface area contributed by atoms with Gasteiger partial charge >= 0.3 is 23.3 Å². The molecule has 7 nitrogen and oxygen atoms in total. The van der Waals surface area contributed by atoms with Crippen LogP contribution in [-0.4, -0.2) is 42.6 Å². The zero-order valence-corrected chi connectivity index (χ0v) is 18.1. The van der Waals surface area contributed by atoms with E-state index in [1.807, 2.05) is 0 Å². The van der Waals surface area contributed by atoms with E-state index in [0.717, 1.165) is 77.0 Å². The number of unbranched alkanes of at least 4 members (excludes halogenated alkanes) is 8. The molecule has 8 heteroatoms. The number of methoxy groups -OCH3 is 2. The lowest BCUT2D eigenvalue weighted by Gasteiger charge is -2.14. The van der Waals surface area contributed by atoms with Crippen molar-refractivity contribution in [3.05, 3.63) is 0 Å². The molecule has 0 aromatic carbocycles. The molecule has 0 saturated carbocycles. The molecule has 1 aliphatic rings. The molecule has 2 unspecified atom stereocenters. The van der Waals surface area contributed by atoms with E-state index in [-0.39, 0.29) is 24.1 Å². The first kappa shape index (κ1) is 25.0. The average molecular weight is 421 g/mol. The van der Waals surface area contributed by atoms with Crippen LogP contribution < -0.4 is 0 Å². The summed E-state index contributed by atoms with van der Waals surface area (Å²) in [6.07, 6.45) is 12.6. The number of rotatable bonds is 16. The highest BCUT2D eigenvalue weighted by atomic mass is 32.2. The summed E-state index contributed by atoms with van der Waals surface area (Å²) >= 11 is -1.62.